The number of alkyl halides is 3. The highest BCUT2D eigenvalue weighted by Gasteiger charge is 2.34. The molecule has 4 nitrogen and oxygen atoms in total. The van der Waals surface area contributed by atoms with Crippen molar-refractivity contribution in [2.75, 3.05) is 14.2 Å². The molecule has 0 aliphatic carbocycles. The molecule has 1 aromatic heterocycles. The molecule has 0 bridgehead atoms. The number of hydrogen-bond donors (Lipinski definition) is 0. The Labute approximate surface area is 135 Å². The van der Waals surface area contributed by atoms with Gasteiger partial charge in [0.2, 0.25) is 0 Å². The van der Waals surface area contributed by atoms with Gasteiger partial charge in [-0.25, -0.2) is 4.98 Å². The first-order valence-corrected chi connectivity index (χ1v) is 7.55. The van der Waals surface area contributed by atoms with Crippen LogP contribution < -0.4 is 0 Å². The van der Waals surface area contributed by atoms with Crippen molar-refractivity contribution in [2.45, 2.75) is 18.8 Å². The van der Waals surface area contributed by atoms with Crippen molar-refractivity contribution in [2.24, 2.45) is 0 Å². The molecule has 0 aliphatic heterocycles. The predicted molar refractivity (Wildman–Crippen MR) is 79.8 cm³/mol. The van der Waals surface area contributed by atoms with Gasteiger partial charge in [-0.05, 0) is 5.56 Å². The minimum absolute atomic E-state index is 0.00767. The largest absolute Gasteiger partial charge is 0.434 e. The summed E-state index contributed by atoms with van der Waals surface area (Å²) in [6.45, 7) is -0.00767. The molecule has 0 unspecified atom stereocenters. The number of nitrogens with zero attached hydrogens (tertiary/aromatic N) is 2. The van der Waals surface area contributed by atoms with E-state index in [1.165, 1.54) is 19.1 Å². The Kier molecular flexibility index (Phi) is 5.38. The third-order valence-electron chi connectivity index (χ3n) is 3.15. The summed E-state index contributed by atoms with van der Waals surface area (Å²) < 4.78 is 42.9. The minimum atomic E-state index is -4.48. The highest BCUT2D eigenvalue weighted by atomic mass is 32.1. The quantitative estimate of drug-likeness (QED) is 0.834. The van der Waals surface area contributed by atoms with Crippen molar-refractivity contribution in [3.05, 3.63) is 52.0 Å². The van der Waals surface area contributed by atoms with Crippen LogP contribution in [-0.2, 0) is 22.3 Å². The monoisotopic (exact) mass is 344 g/mol. The summed E-state index contributed by atoms with van der Waals surface area (Å²) in [4.78, 5) is 17.3. The van der Waals surface area contributed by atoms with Gasteiger partial charge < -0.3 is 9.64 Å². The number of aromatic nitrogens is 1. The number of methoxy groups -OCH3 is 1. The van der Waals surface area contributed by atoms with Crippen LogP contribution in [0.4, 0.5) is 13.2 Å². The fourth-order valence-electron chi connectivity index (χ4n) is 2.00. The van der Waals surface area contributed by atoms with Crippen LogP contribution in [0.25, 0.3) is 0 Å². The van der Waals surface area contributed by atoms with Gasteiger partial charge in [-0.2, -0.15) is 13.2 Å². The first-order valence-electron chi connectivity index (χ1n) is 6.67. The van der Waals surface area contributed by atoms with E-state index in [2.05, 4.69) is 4.98 Å². The van der Waals surface area contributed by atoms with Crippen LogP contribution in [0.5, 0.6) is 0 Å². The summed E-state index contributed by atoms with van der Waals surface area (Å²) in [5, 5.41) is 1.16. The van der Waals surface area contributed by atoms with Crippen LogP contribution in [-0.4, -0.2) is 29.9 Å². The Balaban J connectivity index is 2.09. The maximum absolute atomic E-state index is 12.5. The van der Waals surface area contributed by atoms with Crippen molar-refractivity contribution in [1.29, 1.82) is 0 Å². The normalized spacial score (nSPS) is 12.9. The molecule has 0 N–H and O–H groups in total. The maximum Gasteiger partial charge on any atom is 0.434 e. The molecular formula is C15H15F3N2O2S. The SMILES string of the molecule is CO[C@@H](C(=O)N(C)Cc1nc(C(F)(F)F)cs1)c1ccccc1. The summed E-state index contributed by atoms with van der Waals surface area (Å²) in [5.41, 5.74) is -0.258. The Hall–Kier alpha value is -1.93. The maximum atomic E-state index is 12.5. The van der Waals surface area contributed by atoms with Crippen molar-refractivity contribution >= 4 is 17.2 Å². The van der Waals surface area contributed by atoms with Gasteiger partial charge in [0, 0.05) is 19.5 Å². The van der Waals surface area contributed by atoms with Crippen molar-refractivity contribution < 1.29 is 22.7 Å². The standard InChI is InChI=1S/C15H15F3N2O2S/c1-20(8-12-19-11(9-23-12)15(16,17)18)14(21)13(22-2)10-6-4-3-5-7-10/h3-7,9,13H,8H2,1-2H3/t13-/m1/s1. The lowest BCUT2D eigenvalue weighted by Gasteiger charge is -2.22. The van der Waals surface area contributed by atoms with Crippen molar-refractivity contribution in [3.8, 4) is 0 Å². The van der Waals surface area contributed by atoms with Crippen LogP contribution >= 0.6 is 11.3 Å². The number of carbonyl (C=O) groups is 1. The molecule has 23 heavy (non-hydrogen) atoms. The zero-order valence-corrected chi connectivity index (χ0v) is 13.3. The molecule has 0 fully saturated rings. The fraction of sp³-hybridized carbons (Fsp3) is 0.333. The first kappa shape index (κ1) is 17.4. The molecule has 1 amide bonds. The number of rotatable bonds is 5. The van der Waals surface area contributed by atoms with Crippen LogP contribution in [0.1, 0.15) is 22.4 Å². The number of thiazole rings is 1. The van der Waals surface area contributed by atoms with Gasteiger partial charge >= 0.3 is 6.18 Å². The second kappa shape index (κ2) is 7.10. The van der Waals surface area contributed by atoms with Gasteiger partial charge in [0.1, 0.15) is 5.01 Å². The molecule has 2 rings (SSSR count). The summed E-state index contributed by atoms with van der Waals surface area (Å²) >= 11 is 0.871. The van der Waals surface area contributed by atoms with E-state index in [1.807, 2.05) is 6.07 Å². The topological polar surface area (TPSA) is 42.4 Å². The number of benzene rings is 1. The van der Waals surface area contributed by atoms with E-state index in [1.54, 1.807) is 24.3 Å². The molecule has 1 heterocycles. The molecule has 124 valence electrons. The average Bonchev–Trinajstić information content (AvgIpc) is 2.97. The van der Waals surface area contributed by atoms with Crippen LogP contribution in [0.2, 0.25) is 0 Å². The molecule has 0 saturated carbocycles. The van der Waals surface area contributed by atoms with Gasteiger partial charge in [0.25, 0.3) is 5.91 Å². The highest BCUT2D eigenvalue weighted by Crippen LogP contribution is 2.30. The van der Waals surface area contributed by atoms with E-state index in [0.29, 0.717) is 5.56 Å². The molecular weight excluding hydrogens is 329 g/mol. The van der Waals surface area contributed by atoms with E-state index >= 15 is 0 Å². The second-order valence-electron chi connectivity index (χ2n) is 4.84. The van der Waals surface area contributed by atoms with Crippen LogP contribution in [0, 0.1) is 0 Å². The number of carbonyl (C=O) groups excluding carboxylic acids is 1. The third-order valence-corrected chi connectivity index (χ3v) is 3.99. The molecule has 2 aromatic rings. The van der Waals surface area contributed by atoms with Crippen molar-refractivity contribution in [3.63, 3.8) is 0 Å². The van der Waals surface area contributed by atoms with Gasteiger partial charge in [0.05, 0.1) is 6.54 Å². The van der Waals surface area contributed by atoms with Crippen molar-refractivity contribution in [1.82, 2.24) is 9.88 Å². The molecule has 0 saturated heterocycles. The van der Waals surface area contributed by atoms with E-state index in [0.717, 1.165) is 16.7 Å². The summed E-state index contributed by atoms with van der Waals surface area (Å²) in [6.07, 6.45) is -5.28. The Morgan fingerprint density at radius 1 is 1.35 bits per heavy atom. The van der Waals surface area contributed by atoms with Gasteiger partial charge in [-0.15, -0.1) is 11.3 Å². The molecule has 1 atom stereocenters. The number of halogens is 3. The number of ether oxygens (including phenoxy) is 1. The van der Waals surface area contributed by atoms with E-state index in [-0.39, 0.29) is 17.5 Å². The lowest BCUT2D eigenvalue weighted by atomic mass is 10.1. The third kappa shape index (κ3) is 4.29. The zero-order chi connectivity index (χ0) is 17.0. The molecule has 8 heteroatoms. The first-order chi connectivity index (χ1) is 10.8. The zero-order valence-electron chi connectivity index (χ0n) is 12.5. The lowest BCUT2D eigenvalue weighted by Crippen LogP contribution is -2.32. The van der Waals surface area contributed by atoms with Gasteiger partial charge in [-0.1, -0.05) is 30.3 Å². The Morgan fingerprint density at radius 2 is 2.00 bits per heavy atom. The Morgan fingerprint density at radius 3 is 2.52 bits per heavy atom. The molecule has 1 aromatic carbocycles. The molecule has 0 spiro atoms. The summed E-state index contributed by atoms with van der Waals surface area (Å²) in [7, 11) is 2.92. The fourth-order valence-corrected chi connectivity index (χ4v) is 2.86. The smallest absolute Gasteiger partial charge is 0.367 e. The lowest BCUT2D eigenvalue weighted by molar-refractivity contribution is -0.141. The van der Waals surface area contributed by atoms with E-state index in [9.17, 15) is 18.0 Å². The predicted octanol–water partition coefficient (Wildman–Crippen LogP) is 3.51. The van der Waals surface area contributed by atoms with Crippen LogP contribution in [0.3, 0.4) is 0 Å². The number of amides is 1. The molecule has 0 aliphatic rings. The van der Waals surface area contributed by atoms with E-state index in [4.69, 9.17) is 4.74 Å². The van der Waals surface area contributed by atoms with Gasteiger partial charge in [0.15, 0.2) is 11.8 Å². The summed E-state index contributed by atoms with van der Waals surface area (Å²) in [6, 6.07) is 8.89. The Bertz CT molecular complexity index is 658. The van der Waals surface area contributed by atoms with E-state index < -0.39 is 18.0 Å². The minimum Gasteiger partial charge on any atom is -0.367 e. The number of hydrogen-bond acceptors (Lipinski definition) is 4. The van der Waals surface area contributed by atoms with Crippen LogP contribution in [0.15, 0.2) is 35.7 Å². The number of likely N-dealkylation sites (N-methyl/N-ethyl adjacent to an activating group) is 1. The highest BCUT2D eigenvalue weighted by molar-refractivity contribution is 7.09. The second-order valence-corrected chi connectivity index (χ2v) is 5.79. The van der Waals surface area contributed by atoms with Gasteiger partial charge in [-0.3, -0.25) is 4.79 Å². The molecule has 0 radical (unpaired) electrons. The average molecular weight is 344 g/mol. The summed E-state index contributed by atoms with van der Waals surface area (Å²) in [5.74, 6) is -0.345.